The first-order chi connectivity index (χ1) is 13.7. The van der Waals surface area contributed by atoms with Crippen molar-refractivity contribution in [2.45, 2.75) is 38.5 Å². The highest BCUT2D eigenvalue weighted by atomic mass is 32.2. The molecule has 0 aliphatic carbocycles. The van der Waals surface area contributed by atoms with E-state index in [9.17, 15) is 13.2 Å². The first-order valence-corrected chi connectivity index (χ1v) is 12.3. The third kappa shape index (κ3) is 4.41. The molecule has 152 valence electrons. The van der Waals surface area contributed by atoms with E-state index in [1.54, 1.807) is 0 Å². The van der Waals surface area contributed by atoms with Gasteiger partial charge in [0, 0.05) is 10.9 Å². The average Bonchev–Trinajstić information content (AvgIpc) is 3.04. The second-order valence-corrected chi connectivity index (χ2v) is 11.3. The quantitative estimate of drug-likeness (QED) is 0.749. The number of hydrogen-bond acceptors (Lipinski definition) is 4. The molecule has 2 aromatic carbocycles. The summed E-state index contributed by atoms with van der Waals surface area (Å²) in [5.41, 5.74) is 5.14. The number of amidine groups is 1. The van der Waals surface area contributed by atoms with Crippen LogP contribution in [0, 0.1) is 20.8 Å². The van der Waals surface area contributed by atoms with Crippen molar-refractivity contribution in [2.24, 2.45) is 4.99 Å². The van der Waals surface area contributed by atoms with Crippen molar-refractivity contribution in [1.29, 1.82) is 0 Å². The predicted octanol–water partition coefficient (Wildman–Crippen LogP) is 3.46. The second kappa shape index (κ2) is 7.61. The molecule has 2 heterocycles. The van der Waals surface area contributed by atoms with Crippen molar-refractivity contribution in [1.82, 2.24) is 0 Å². The Bertz CT molecular complexity index is 1090. The van der Waals surface area contributed by atoms with E-state index in [-0.39, 0.29) is 35.1 Å². The number of carbonyl (C=O) groups is 1. The standard InChI is InChI=1S/C22H24N2O3S2/c1-14-5-4-6-17(8-14)11-21(25)23-22-24(18-9-15(2)7-16(3)10-18)19-12-29(26,27)13-20(19)28-22/h4-10,19-20H,11-13H2,1-3H3/t19-,20+/m0/s1. The molecule has 2 saturated heterocycles. The van der Waals surface area contributed by atoms with Gasteiger partial charge >= 0.3 is 0 Å². The molecule has 0 saturated carbocycles. The highest BCUT2D eigenvalue weighted by Crippen LogP contribution is 2.41. The number of anilines is 1. The van der Waals surface area contributed by atoms with Crippen molar-refractivity contribution >= 4 is 38.4 Å². The summed E-state index contributed by atoms with van der Waals surface area (Å²) in [6.07, 6.45) is 0.236. The summed E-state index contributed by atoms with van der Waals surface area (Å²) in [4.78, 5) is 19.1. The molecule has 0 aromatic heterocycles. The third-order valence-corrected chi connectivity index (χ3v) is 8.42. The third-order valence-electron chi connectivity index (χ3n) is 5.21. The lowest BCUT2D eigenvalue weighted by Crippen LogP contribution is -2.37. The Morgan fingerprint density at radius 1 is 1.07 bits per heavy atom. The van der Waals surface area contributed by atoms with Crippen LogP contribution in [0.1, 0.15) is 22.3 Å². The predicted molar refractivity (Wildman–Crippen MR) is 120 cm³/mol. The van der Waals surface area contributed by atoms with E-state index in [2.05, 4.69) is 11.1 Å². The van der Waals surface area contributed by atoms with Crippen LogP contribution in [0.2, 0.25) is 0 Å². The number of rotatable bonds is 3. The maximum atomic E-state index is 12.7. The molecule has 2 atom stereocenters. The van der Waals surface area contributed by atoms with Gasteiger partial charge in [0.2, 0.25) is 0 Å². The van der Waals surface area contributed by atoms with Crippen LogP contribution >= 0.6 is 11.8 Å². The summed E-state index contributed by atoms with van der Waals surface area (Å²) < 4.78 is 24.4. The Kier molecular flexibility index (Phi) is 5.29. The number of sulfone groups is 1. The fourth-order valence-electron chi connectivity index (χ4n) is 4.10. The van der Waals surface area contributed by atoms with E-state index in [1.165, 1.54) is 11.8 Å². The molecule has 29 heavy (non-hydrogen) atoms. The maximum Gasteiger partial charge on any atom is 0.252 e. The maximum absolute atomic E-state index is 12.7. The van der Waals surface area contributed by atoms with E-state index < -0.39 is 9.84 Å². The van der Waals surface area contributed by atoms with Gasteiger partial charge in [0.05, 0.1) is 24.0 Å². The van der Waals surface area contributed by atoms with Crippen molar-refractivity contribution in [3.63, 3.8) is 0 Å². The van der Waals surface area contributed by atoms with Crippen molar-refractivity contribution in [3.05, 3.63) is 64.7 Å². The zero-order valence-electron chi connectivity index (χ0n) is 16.8. The molecule has 5 nitrogen and oxygen atoms in total. The Labute approximate surface area is 176 Å². The summed E-state index contributed by atoms with van der Waals surface area (Å²) >= 11 is 1.42. The van der Waals surface area contributed by atoms with Gasteiger partial charge in [-0.05, 0) is 49.6 Å². The number of thioether (sulfide) groups is 1. The number of hydrogen-bond donors (Lipinski definition) is 0. The molecule has 0 unspecified atom stereocenters. The lowest BCUT2D eigenvalue weighted by atomic mass is 10.1. The van der Waals surface area contributed by atoms with Crippen LogP contribution in [0.4, 0.5) is 5.69 Å². The van der Waals surface area contributed by atoms with Crippen LogP contribution in [0.25, 0.3) is 0 Å². The molecule has 0 N–H and O–H groups in total. The monoisotopic (exact) mass is 428 g/mol. The molecular formula is C22H24N2O3S2. The number of nitrogens with zero attached hydrogens (tertiary/aromatic N) is 2. The van der Waals surface area contributed by atoms with E-state index in [4.69, 9.17) is 0 Å². The molecule has 2 fully saturated rings. The normalized spacial score (nSPS) is 24.1. The van der Waals surface area contributed by atoms with Gasteiger partial charge in [-0.2, -0.15) is 4.99 Å². The highest BCUT2D eigenvalue weighted by Gasteiger charge is 2.49. The Balaban J connectivity index is 1.67. The van der Waals surface area contributed by atoms with Crippen LogP contribution in [-0.4, -0.2) is 42.3 Å². The van der Waals surface area contributed by atoms with Crippen molar-refractivity contribution in [3.8, 4) is 0 Å². The Hall–Kier alpha value is -2.12. The molecule has 0 radical (unpaired) electrons. The second-order valence-electron chi connectivity index (χ2n) is 7.97. The van der Waals surface area contributed by atoms with Crippen molar-refractivity contribution in [2.75, 3.05) is 16.4 Å². The van der Waals surface area contributed by atoms with Crippen LogP contribution in [0.3, 0.4) is 0 Å². The molecule has 2 aromatic rings. The van der Waals surface area contributed by atoms with Gasteiger partial charge in [-0.3, -0.25) is 4.79 Å². The number of aryl methyl sites for hydroxylation is 3. The fourth-order valence-corrected chi connectivity index (χ4v) is 8.03. The lowest BCUT2D eigenvalue weighted by molar-refractivity contribution is -0.117. The van der Waals surface area contributed by atoms with Gasteiger partial charge in [0.15, 0.2) is 15.0 Å². The summed E-state index contributed by atoms with van der Waals surface area (Å²) in [7, 11) is -3.07. The van der Waals surface area contributed by atoms with Crippen LogP contribution in [0.5, 0.6) is 0 Å². The van der Waals surface area contributed by atoms with Gasteiger partial charge in [-0.1, -0.05) is 47.7 Å². The topological polar surface area (TPSA) is 66.8 Å². The van der Waals surface area contributed by atoms with E-state index in [0.717, 1.165) is 27.9 Å². The lowest BCUT2D eigenvalue weighted by Gasteiger charge is -2.25. The summed E-state index contributed by atoms with van der Waals surface area (Å²) in [5, 5.41) is 0.517. The summed E-state index contributed by atoms with van der Waals surface area (Å²) in [6, 6.07) is 13.8. The number of fused-ring (bicyclic) bond motifs is 1. The van der Waals surface area contributed by atoms with E-state index in [1.807, 2.05) is 62.1 Å². The molecule has 1 amide bonds. The minimum Gasteiger partial charge on any atom is -0.316 e. The highest BCUT2D eigenvalue weighted by molar-refractivity contribution is 8.16. The van der Waals surface area contributed by atoms with E-state index >= 15 is 0 Å². The molecular weight excluding hydrogens is 404 g/mol. The van der Waals surface area contributed by atoms with Gasteiger partial charge in [-0.15, -0.1) is 0 Å². The zero-order chi connectivity index (χ0) is 20.8. The van der Waals surface area contributed by atoms with Gasteiger partial charge < -0.3 is 4.90 Å². The number of aliphatic imine (C=N–C) groups is 1. The van der Waals surface area contributed by atoms with Crippen LogP contribution < -0.4 is 4.90 Å². The molecule has 2 aliphatic rings. The SMILES string of the molecule is Cc1cccc(CC(=O)N=C2S[C@@H]3CS(=O)(=O)C[C@@H]3N2c2cc(C)cc(C)c2)c1. The van der Waals surface area contributed by atoms with Crippen LogP contribution in [-0.2, 0) is 21.1 Å². The first kappa shape index (κ1) is 20.2. The minimum absolute atomic E-state index is 0.0914. The largest absolute Gasteiger partial charge is 0.316 e. The average molecular weight is 429 g/mol. The van der Waals surface area contributed by atoms with Gasteiger partial charge in [0.25, 0.3) is 5.91 Å². The van der Waals surface area contributed by atoms with E-state index in [0.29, 0.717) is 5.17 Å². The zero-order valence-corrected chi connectivity index (χ0v) is 18.4. The summed E-state index contributed by atoms with van der Waals surface area (Å²) in [5.74, 6) is 0.0209. The molecule has 4 rings (SSSR count). The van der Waals surface area contributed by atoms with Gasteiger partial charge in [0.1, 0.15) is 0 Å². The molecule has 0 spiro atoms. The molecule has 7 heteroatoms. The first-order valence-electron chi connectivity index (χ1n) is 9.62. The Morgan fingerprint density at radius 3 is 2.48 bits per heavy atom. The number of benzene rings is 2. The smallest absolute Gasteiger partial charge is 0.252 e. The molecule has 2 aliphatic heterocycles. The Morgan fingerprint density at radius 2 is 1.79 bits per heavy atom. The van der Waals surface area contributed by atoms with Crippen molar-refractivity contribution < 1.29 is 13.2 Å². The molecule has 0 bridgehead atoms. The van der Waals surface area contributed by atoms with Crippen LogP contribution in [0.15, 0.2) is 47.5 Å². The van der Waals surface area contributed by atoms with Gasteiger partial charge in [-0.25, -0.2) is 8.42 Å². The summed E-state index contributed by atoms with van der Waals surface area (Å²) in [6.45, 7) is 6.03. The fraction of sp³-hybridized carbons (Fsp3) is 0.364. The number of carbonyl (C=O) groups excluding carboxylic acids is 1. The minimum atomic E-state index is -3.07. The number of amides is 1.